The Morgan fingerprint density at radius 2 is 2.27 bits per heavy atom. The maximum Gasteiger partial charge on any atom is 0.137 e. The van der Waals surface area contributed by atoms with Crippen molar-refractivity contribution in [1.29, 1.82) is 0 Å². The van der Waals surface area contributed by atoms with Gasteiger partial charge in [-0.1, -0.05) is 17.7 Å². The molecule has 0 unspecified atom stereocenters. The van der Waals surface area contributed by atoms with Gasteiger partial charge in [0.1, 0.15) is 5.75 Å². The molecule has 82 valence electrons. The maximum atomic E-state index is 6.11. The third-order valence-electron chi connectivity index (χ3n) is 2.69. The number of hydrogen-bond donors (Lipinski definition) is 1. The summed E-state index contributed by atoms with van der Waals surface area (Å²) in [6, 6.07) is 6.09. The standard InChI is InChI=1S/C12H16ClNO/c1-2-15-12-4-3-9(6-11(12)13)5-10-7-14-8-10/h3-4,6,10,14H,2,5,7-8H2,1H3. The number of halogens is 1. The van der Waals surface area contributed by atoms with Crippen molar-refractivity contribution >= 4 is 11.6 Å². The van der Waals surface area contributed by atoms with E-state index in [1.807, 2.05) is 19.1 Å². The predicted molar refractivity (Wildman–Crippen MR) is 62.7 cm³/mol. The molecule has 1 aliphatic heterocycles. The van der Waals surface area contributed by atoms with E-state index in [0.29, 0.717) is 6.61 Å². The fraction of sp³-hybridized carbons (Fsp3) is 0.500. The van der Waals surface area contributed by atoms with E-state index in [1.165, 1.54) is 5.56 Å². The first kappa shape index (κ1) is 10.8. The van der Waals surface area contributed by atoms with Crippen LogP contribution in [0.2, 0.25) is 5.02 Å². The first-order valence-corrected chi connectivity index (χ1v) is 5.79. The van der Waals surface area contributed by atoms with Gasteiger partial charge in [-0.25, -0.2) is 0 Å². The van der Waals surface area contributed by atoms with E-state index in [2.05, 4.69) is 11.4 Å². The Labute approximate surface area is 95.6 Å². The zero-order valence-corrected chi connectivity index (χ0v) is 9.68. The summed E-state index contributed by atoms with van der Waals surface area (Å²) in [5.41, 5.74) is 1.30. The third kappa shape index (κ3) is 2.64. The van der Waals surface area contributed by atoms with Gasteiger partial charge in [0.15, 0.2) is 0 Å². The molecule has 1 aromatic carbocycles. The van der Waals surface area contributed by atoms with Gasteiger partial charge in [0, 0.05) is 0 Å². The molecule has 0 radical (unpaired) electrons. The summed E-state index contributed by atoms with van der Waals surface area (Å²) in [5, 5.41) is 3.99. The third-order valence-corrected chi connectivity index (χ3v) is 2.98. The molecule has 1 N–H and O–H groups in total. The van der Waals surface area contributed by atoms with Crippen LogP contribution in [-0.2, 0) is 6.42 Å². The first-order valence-electron chi connectivity index (χ1n) is 5.41. The molecule has 0 saturated carbocycles. The van der Waals surface area contributed by atoms with Crippen LogP contribution >= 0.6 is 11.6 Å². The highest BCUT2D eigenvalue weighted by Crippen LogP contribution is 2.26. The van der Waals surface area contributed by atoms with Gasteiger partial charge < -0.3 is 10.1 Å². The zero-order valence-electron chi connectivity index (χ0n) is 8.92. The SMILES string of the molecule is CCOc1ccc(CC2CNC2)cc1Cl. The Bertz CT molecular complexity index is 336. The molecule has 3 heteroatoms. The molecule has 0 bridgehead atoms. The van der Waals surface area contributed by atoms with Gasteiger partial charge in [-0.15, -0.1) is 0 Å². The summed E-state index contributed by atoms with van der Waals surface area (Å²) >= 11 is 6.11. The van der Waals surface area contributed by atoms with Crippen molar-refractivity contribution in [3.05, 3.63) is 28.8 Å². The summed E-state index contributed by atoms with van der Waals surface area (Å²) in [6.45, 7) is 4.88. The van der Waals surface area contributed by atoms with Gasteiger partial charge in [0.2, 0.25) is 0 Å². The van der Waals surface area contributed by atoms with Crippen LogP contribution in [0.1, 0.15) is 12.5 Å². The van der Waals surface area contributed by atoms with E-state index < -0.39 is 0 Å². The van der Waals surface area contributed by atoms with Crippen LogP contribution in [-0.4, -0.2) is 19.7 Å². The molecular formula is C12H16ClNO. The lowest BCUT2D eigenvalue weighted by molar-refractivity contribution is 0.338. The summed E-state index contributed by atoms with van der Waals surface area (Å²) in [4.78, 5) is 0. The van der Waals surface area contributed by atoms with Crippen LogP contribution in [0.3, 0.4) is 0 Å². The Hall–Kier alpha value is -0.730. The lowest BCUT2D eigenvalue weighted by Gasteiger charge is -2.27. The second-order valence-corrected chi connectivity index (χ2v) is 4.33. The summed E-state index contributed by atoms with van der Waals surface area (Å²) in [5.74, 6) is 1.56. The molecule has 2 rings (SSSR count). The molecular weight excluding hydrogens is 210 g/mol. The summed E-state index contributed by atoms with van der Waals surface area (Å²) in [6.07, 6.45) is 1.11. The quantitative estimate of drug-likeness (QED) is 0.850. The van der Waals surface area contributed by atoms with E-state index in [4.69, 9.17) is 16.3 Å². The van der Waals surface area contributed by atoms with Crippen molar-refractivity contribution in [2.24, 2.45) is 5.92 Å². The van der Waals surface area contributed by atoms with Crippen molar-refractivity contribution in [3.8, 4) is 5.75 Å². The van der Waals surface area contributed by atoms with Gasteiger partial charge in [-0.05, 0) is 50.0 Å². The fourth-order valence-electron chi connectivity index (χ4n) is 1.77. The van der Waals surface area contributed by atoms with Crippen LogP contribution < -0.4 is 10.1 Å². The number of rotatable bonds is 4. The van der Waals surface area contributed by atoms with Gasteiger partial charge >= 0.3 is 0 Å². The molecule has 1 aromatic rings. The minimum Gasteiger partial charge on any atom is -0.492 e. The molecule has 1 fully saturated rings. The van der Waals surface area contributed by atoms with Crippen LogP contribution in [0.5, 0.6) is 5.75 Å². The van der Waals surface area contributed by atoms with Crippen molar-refractivity contribution in [2.75, 3.05) is 19.7 Å². The summed E-state index contributed by atoms with van der Waals surface area (Å²) < 4.78 is 5.39. The van der Waals surface area contributed by atoms with Crippen LogP contribution in [0, 0.1) is 5.92 Å². The Kier molecular flexibility index (Phi) is 3.49. The van der Waals surface area contributed by atoms with Gasteiger partial charge in [0.25, 0.3) is 0 Å². The molecule has 0 atom stereocenters. The number of hydrogen-bond acceptors (Lipinski definition) is 2. The average Bonchev–Trinajstić information content (AvgIpc) is 2.16. The Morgan fingerprint density at radius 3 is 2.80 bits per heavy atom. The highest BCUT2D eigenvalue weighted by Gasteiger charge is 2.17. The molecule has 1 saturated heterocycles. The monoisotopic (exact) mass is 225 g/mol. The van der Waals surface area contributed by atoms with Gasteiger partial charge in [-0.3, -0.25) is 0 Å². The van der Waals surface area contributed by atoms with E-state index in [0.717, 1.165) is 36.2 Å². The average molecular weight is 226 g/mol. The van der Waals surface area contributed by atoms with Crippen LogP contribution in [0.15, 0.2) is 18.2 Å². The van der Waals surface area contributed by atoms with Gasteiger partial charge in [0.05, 0.1) is 11.6 Å². The van der Waals surface area contributed by atoms with Crippen molar-refractivity contribution in [3.63, 3.8) is 0 Å². The molecule has 2 nitrogen and oxygen atoms in total. The topological polar surface area (TPSA) is 21.3 Å². The lowest BCUT2D eigenvalue weighted by atomic mass is 9.94. The fourth-order valence-corrected chi connectivity index (χ4v) is 2.03. The second-order valence-electron chi connectivity index (χ2n) is 3.93. The zero-order chi connectivity index (χ0) is 10.7. The van der Waals surface area contributed by atoms with Crippen LogP contribution in [0.4, 0.5) is 0 Å². The minimum atomic E-state index is 0.658. The first-order chi connectivity index (χ1) is 7.29. The van der Waals surface area contributed by atoms with Crippen molar-refractivity contribution in [2.45, 2.75) is 13.3 Å². The highest BCUT2D eigenvalue weighted by atomic mass is 35.5. The number of nitrogens with one attached hydrogen (secondary N) is 1. The Morgan fingerprint density at radius 1 is 1.47 bits per heavy atom. The van der Waals surface area contributed by atoms with Crippen molar-refractivity contribution < 1.29 is 4.74 Å². The molecule has 1 heterocycles. The minimum absolute atomic E-state index is 0.658. The Balaban J connectivity index is 2.03. The largest absolute Gasteiger partial charge is 0.492 e. The normalized spacial score (nSPS) is 16.1. The molecule has 15 heavy (non-hydrogen) atoms. The van der Waals surface area contributed by atoms with E-state index >= 15 is 0 Å². The maximum absolute atomic E-state index is 6.11. The highest BCUT2D eigenvalue weighted by molar-refractivity contribution is 6.32. The van der Waals surface area contributed by atoms with E-state index in [1.54, 1.807) is 0 Å². The van der Waals surface area contributed by atoms with E-state index in [-0.39, 0.29) is 0 Å². The van der Waals surface area contributed by atoms with E-state index in [9.17, 15) is 0 Å². The van der Waals surface area contributed by atoms with Crippen molar-refractivity contribution in [1.82, 2.24) is 5.32 Å². The molecule has 0 spiro atoms. The number of ether oxygens (including phenoxy) is 1. The number of benzene rings is 1. The predicted octanol–water partition coefficient (Wildman–Crippen LogP) is 2.50. The second kappa shape index (κ2) is 4.86. The molecule has 0 amide bonds. The van der Waals surface area contributed by atoms with Gasteiger partial charge in [-0.2, -0.15) is 0 Å². The molecule has 0 aliphatic carbocycles. The smallest absolute Gasteiger partial charge is 0.137 e. The summed E-state index contributed by atoms with van der Waals surface area (Å²) in [7, 11) is 0. The molecule has 0 aromatic heterocycles. The molecule has 1 aliphatic rings. The lowest BCUT2D eigenvalue weighted by Crippen LogP contribution is -2.43. The van der Waals surface area contributed by atoms with Crippen LogP contribution in [0.25, 0.3) is 0 Å².